The van der Waals surface area contributed by atoms with Crippen LogP contribution < -0.4 is 10.1 Å². The highest BCUT2D eigenvalue weighted by atomic mass is 16.5. The van der Waals surface area contributed by atoms with E-state index in [0.717, 1.165) is 28.1 Å². The summed E-state index contributed by atoms with van der Waals surface area (Å²) in [4.78, 5) is 11.6. The fourth-order valence-corrected chi connectivity index (χ4v) is 2.27. The summed E-state index contributed by atoms with van der Waals surface area (Å²) < 4.78 is 15.2. The minimum atomic E-state index is -0.477. The van der Waals surface area contributed by atoms with Crippen LogP contribution in [0.25, 0.3) is 0 Å². The van der Waals surface area contributed by atoms with Crippen molar-refractivity contribution in [1.29, 1.82) is 0 Å². The van der Waals surface area contributed by atoms with Crippen LogP contribution in [-0.4, -0.2) is 20.2 Å². The molecule has 112 valence electrons. The lowest BCUT2D eigenvalue weighted by molar-refractivity contribution is 0.0563. The molecule has 0 aliphatic carbocycles. The van der Waals surface area contributed by atoms with Gasteiger partial charge in [-0.1, -0.05) is 6.07 Å². The van der Waals surface area contributed by atoms with Gasteiger partial charge in [0.05, 0.1) is 20.5 Å². The first-order valence-electron chi connectivity index (χ1n) is 6.61. The van der Waals surface area contributed by atoms with E-state index in [1.165, 1.54) is 13.4 Å². The van der Waals surface area contributed by atoms with Crippen molar-refractivity contribution in [1.82, 2.24) is 0 Å². The van der Waals surface area contributed by atoms with Gasteiger partial charge in [-0.3, -0.25) is 0 Å². The summed E-state index contributed by atoms with van der Waals surface area (Å²) in [6.07, 6.45) is 1.48. The minimum Gasteiger partial charge on any atom is -0.496 e. The van der Waals surface area contributed by atoms with Crippen molar-refractivity contribution in [3.05, 3.63) is 46.9 Å². The molecule has 0 atom stereocenters. The van der Waals surface area contributed by atoms with Gasteiger partial charge in [0.2, 0.25) is 5.76 Å². The van der Waals surface area contributed by atoms with Gasteiger partial charge in [-0.25, -0.2) is 4.79 Å². The van der Waals surface area contributed by atoms with Crippen molar-refractivity contribution in [3.8, 4) is 5.75 Å². The third-order valence-electron chi connectivity index (χ3n) is 3.39. The third-order valence-corrected chi connectivity index (χ3v) is 3.39. The number of esters is 1. The minimum absolute atomic E-state index is 0.224. The number of carbonyl (C=O) groups is 1. The van der Waals surface area contributed by atoms with Gasteiger partial charge in [0.1, 0.15) is 5.75 Å². The molecule has 0 fully saturated rings. The fourth-order valence-electron chi connectivity index (χ4n) is 2.27. The Labute approximate surface area is 123 Å². The van der Waals surface area contributed by atoms with Crippen LogP contribution in [0.15, 0.2) is 28.9 Å². The fraction of sp³-hybridized carbons (Fsp3) is 0.312. The lowest BCUT2D eigenvalue weighted by atomic mass is 10.1. The number of furan rings is 1. The Hall–Kier alpha value is -2.43. The monoisotopic (exact) mass is 289 g/mol. The third kappa shape index (κ3) is 3.02. The molecule has 0 aliphatic rings. The molecule has 1 aromatic heterocycles. The molecule has 0 unspecified atom stereocenters. The van der Waals surface area contributed by atoms with Crippen molar-refractivity contribution >= 4 is 11.7 Å². The summed E-state index contributed by atoms with van der Waals surface area (Å²) in [5.74, 6) is 0.608. The molecule has 1 aromatic carbocycles. The normalized spacial score (nSPS) is 10.3. The van der Waals surface area contributed by atoms with Gasteiger partial charge in [0.25, 0.3) is 0 Å². The SMILES string of the molecule is COC(=O)c1occc1CNc1ccc(C)c(OC)c1C. The van der Waals surface area contributed by atoms with Crippen LogP contribution in [0.5, 0.6) is 5.75 Å². The van der Waals surface area contributed by atoms with Gasteiger partial charge in [-0.15, -0.1) is 0 Å². The maximum atomic E-state index is 11.6. The molecule has 1 heterocycles. The smallest absolute Gasteiger partial charge is 0.374 e. The van der Waals surface area contributed by atoms with Crippen molar-refractivity contribution in [2.45, 2.75) is 20.4 Å². The Bertz CT molecular complexity index is 646. The van der Waals surface area contributed by atoms with Gasteiger partial charge in [0, 0.05) is 23.4 Å². The summed E-state index contributed by atoms with van der Waals surface area (Å²) >= 11 is 0. The van der Waals surface area contributed by atoms with Crippen molar-refractivity contribution in [2.24, 2.45) is 0 Å². The molecule has 21 heavy (non-hydrogen) atoms. The summed E-state index contributed by atoms with van der Waals surface area (Å²) in [6.45, 7) is 4.46. The van der Waals surface area contributed by atoms with E-state index in [-0.39, 0.29) is 5.76 Å². The number of hydrogen-bond acceptors (Lipinski definition) is 5. The van der Waals surface area contributed by atoms with Gasteiger partial charge < -0.3 is 19.2 Å². The number of ether oxygens (including phenoxy) is 2. The van der Waals surface area contributed by atoms with Crippen molar-refractivity contribution in [2.75, 3.05) is 19.5 Å². The Balaban J connectivity index is 2.18. The number of aryl methyl sites for hydroxylation is 1. The number of carbonyl (C=O) groups excluding carboxylic acids is 1. The molecule has 5 nitrogen and oxygen atoms in total. The van der Waals surface area contributed by atoms with Crippen molar-refractivity contribution < 1.29 is 18.7 Å². The zero-order chi connectivity index (χ0) is 15.4. The highest BCUT2D eigenvalue weighted by Gasteiger charge is 2.16. The molecular weight excluding hydrogens is 270 g/mol. The summed E-state index contributed by atoms with van der Waals surface area (Å²) in [5.41, 5.74) is 3.81. The summed E-state index contributed by atoms with van der Waals surface area (Å²) in [7, 11) is 2.99. The van der Waals surface area contributed by atoms with E-state index in [0.29, 0.717) is 6.54 Å². The number of anilines is 1. The average Bonchev–Trinajstić information content (AvgIpc) is 2.94. The summed E-state index contributed by atoms with van der Waals surface area (Å²) in [5, 5.41) is 3.29. The number of benzene rings is 1. The Kier molecular flexibility index (Phi) is 4.52. The molecule has 1 N–H and O–H groups in total. The van der Waals surface area contributed by atoms with Crippen LogP contribution in [0.2, 0.25) is 0 Å². The van der Waals surface area contributed by atoms with Crippen LogP contribution in [0.4, 0.5) is 5.69 Å². The second-order valence-corrected chi connectivity index (χ2v) is 4.71. The number of rotatable bonds is 5. The zero-order valence-electron chi connectivity index (χ0n) is 12.6. The number of hydrogen-bond donors (Lipinski definition) is 1. The molecule has 5 heteroatoms. The van der Waals surface area contributed by atoms with E-state index in [1.807, 2.05) is 26.0 Å². The van der Waals surface area contributed by atoms with E-state index < -0.39 is 5.97 Å². The van der Waals surface area contributed by atoms with Gasteiger partial charge >= 0.3 is 5.97 Å². The van der Waals surface area contributed by atoms with Crippen LogP contribution in [0.3, 0.4) is 0 Å². The van der Waals surface area contributed by atoms with Gasteiger partial charge in [-0.05, 0) is 31.5 Å². The zero-order valence-corrected chi connectivity index (χ0v) is 12.6. The average molecular weight is 289 g/mol. The first-order valence-corrected chi connectivity index (χ1v) is 6.61. The van der Waals surface area contributed by atoms with Crippen LogP contribution in [0, 0.1) is 13.8 Å². The van der Waals surface area contributed by atoms with Crippen molar-refractivity contribution in [3.63, 3.8) is 0 Å². The van der Waals surface area contributed by atoms with E-state index >= 15 is 0 Å². The maximum Gasteiger partial charge on any atom is 0.374 e. The van der Waals surface area contributed by atoms with Crippen LogP contribution >= 0.6 is 0 Å². The van der Waals surface area contributed by atoms with Gasteiger partial charge in [-0.2, -0.15) is 0 Å². The Morgan fingerprint density at radius 3 is 2.67 bits per heavy atom. The molecule has 0 amide bonds. The summed E-state index contributed by atoms with van der Waals surface area (Å²) in [6, 6.07) is 5.73. The predicted octanol–water partition coefficient (Wildman–Crippen LogP) is 3.30. The molecule has 2 aromatic rings. The van der Waals surface area contributed by atoms with Crippen LogP contribution in [0.1, 0.15) is 27.2 Å². The Morgan fingerprint density at radius 1 is 1.24 bits per heavy atom. The molecule has 0 spiro atoms. The first-order chi connectivity index (χ1) is 10.1. The quantitative estimate of drug-likeness (QED) is 0.856. The standard InChI is InChI=1S/C16H19NO4/c1-10-5-6-13(11(2)14(10)19-3)17-9-12-7-8-21-15(12)16(18)20-4/h5-8,17H,9H2,1-4H3. The molecule has 2 rings (SSSR count). The lowest BCUT2D eigenvalue weighted by Crippen LogP contribution is -2.07. The molecule has 0 saturated carbocycles. The number of nitrogens with one attached hydrogen (secondary N) is 1. The second kappa shape index (κ2) is 6.35. The largest absolute Gasteiger partial charge is 0.496 e. The predicted molar refractivity (Wildman–Crippen MR) is 79.8 cm³/mol. The van der Waals surface area contributed by atoms with Gasteiger partial charge in [0.15, 0.2) is 0 Å². The highest BCUT2D eigenvalue weighted by Crippen LogP contribution is 2.29. The van der Waals surface area contributed by atoms with E-state index in [9.17, 15) is 4.79 Å². The lowest BCUT2D eigenvalue weighted by Gasteiger charge is -2.14. The molecule has 0 radical (unpaired) electrons. The highest BCUT2D eigenvalue weighted by molar-refractivity contribution is 5.87. The number of methoxy groups -OCH3 is 2. The first kappa shape index (κ1) is 15.0. The van der Waals surface area contributed by atoms with Crippen LogP contribution in [-0.2, 0) is 11.3 Å². The second-order valence-electron chi connectivity index (χ2n) is 4.71. The maximum absolute atomic E-state index is 11.6. The molecule has 0 bridgehead atoms. The Morgan fingerprint density at radius 2 is 2.00 bits per heavy atom. The molecule has 0 saturated heterocycles. The van der Waals surface area contributed by atoms with E-state index in [4.69, 9.17) is 9.15 Å². The molecule has 0 aliphatic heterocycles. The topological polar surface area (TPSA) is 60.7 Å². The van der Waals surface area contributed by atoms with E-state index in [2.05, 4.69) is 10.1 Å². The van der Waals surface area contributed by atoms with E-state index in [1.54, 1.807) is 13.2 Å². The molecular formula is C16H19NO4.